The van der Waals surface area contributed by atoms with E-state index in [-0.39, 0.29) is 6.10 Å². The van der Waals surface area contributed by atoms with Gasteiger partial charge in [-0.25, -0.2) is 0 Å². The van der Waals surface area contributed by atoms with Gasteiger partial charge in [0.2, 0.25) is 0 Å². The van der Waals surface area contributed by atoms with Gasteiger partial charge in [-0.05, 0) is 50.7 Å². The van der Waals surface area contributed by atoms with Crippen LogP contribution < -0.4 is 15.4 Å². The maximum atomic E-state index is 5.98. The van der Waals surface area contributed by atoms with Gasteiger partial charge in [0.25, 0.3) is 0 Å². The van der Waals surface area contributed by atoms with Gasteiger partial charge < -0.3 is 24.8 Å². The van der Waals surface area contributed by atoms with E-state index in [0.29, 0.717) is 12.5 Å². The summed E-state index contributed by atoms with van der Waals surface area (Å²) >= 11 is 0. The smallest absolute Gasteiger partial charge is 0.191 e. The highest BCUT2D eigenvalue weighted by Crippen LogP contribution is 2.17. The molecule has 0 radical (unpaired) electrons. The second-order valence-corrected chi connectivity index (χ2v) is 7.06. The number of nitrogens with zero attached hydrogens (tertiary/aromatic N) is 1. The van der Waals surface area contributed by atoms with Gasteiger partial charge in [-0.1, -0.05) is 18.2 Å². The summed E-state index contributed by atoms with van der Waals surface area (Å²) in [5.74, 6) is 2.38. The van der Waals surface area contributed by atoms with Crippen LogP contribution in [0.4, 0.5) is 0 Å². The van der Waals surface area contributed by atoms with E-state index in [1.165, 1.54) is 0 Å². The summed E-state index contributed by atoms with van der Waals surface area (Å²) in [5, 5.41) is 6.63. The third kappa shape index (κ3) is 8.63. The summed E-state index contributed by atoms with van der Waals surface area (Å²) in [6.07, 6.45) is 3.25. The molecule has 27 heavy (non-hydrogen) atoms. The molecule has 1 aliphatic heterocycles. The number of rotatable bonds is 10. The third-order valence-corrected chi connectivity index (χ3v) is 4.65. The molecule has 1 aromatic carbocycles. The van der Waals surface area contributed by atoms with Crippen LogP contribution in [0.5, 0.6) is 5.75 Å². The Morgan fingerprint density at radius 3 is 2.78 bits per heavy atom. The predicted octanol–water partition coefficient (Wildman–Crippen LogP) is 2.76. The second kappa shape index (κ2) is 12.6. The molecule has 1 atom stereocenters. The number of aliphatic imine (C=N–C) groups is 1. The Kier molecular flexibility index (Phi) is 10.0. The van der Waals surface area contributed by atoms with Crippen LogP contribution in [-0.4, -0.2) is 58.6 Å². The highest BCUT2D eigenvalue weighted by Gasteiger charge is 2.13. The zero-order valence-electron chi connectivity index (χ0n) is 17.0. The largest absolute Gasteiger partial charge is 0.489 e. The van der Waals surface area contributed by atoms with E-state index >= 15 is 0 Å². The number of hydrogen-bond acceptors (Lipinski definition) is 4. The summed E-state index contributed by atoms with van der Waals surface area (Å²) in [5.41, 5.74) is 1.15. The zero-order valence-corrected chi connectivity index (χ0v) is 17.0. The monoisotopic (exact) mass is 377 g/mol. The highest BCUT2D eigenvalue weighted by molar-refractivity contribution is 5.79. The van der Waals surface area contributed by atoms with Crippen LogP contribution in [0, 0.1) is 12.8 Å². The van der Waals surface area contributed by atoms with Crippen molar-refractivity contribution in [1.29, 1.82) is 0 Å². The molecule has 0 bridgehead atoms. The van der Waals surface area contributed by atoms with Gasteiger partial charge in [-0.2, -0.15) is 0 Å². The Labute approximate surface area is 163 Å². The fourth-order valence-corrected chi connectivity index (χ4v) is 2.95. The molecule has 1 unspecified atom stereocenters. The molecule has 2 N–H and O–H groups in total. The summed E-state index contributed by atoms with van der Waals surface area (Å²) in [4.78, 5) is 4.26. The van der Waals surface area contributed by atoms with Crippen molar-refractivity contribution in [2.24, 2.45) is 10.9 Å². The average Bonchev–Trinajstić information content (AvgIpc) is 2.69. The van der Waals surface area contributed by atoms with Crippen molar-refractivity contribution in [3.8, 4) is 5.75 Å². The first-order chi connectivity index (χ1) is 13.2. The lowest BCUT2D eigenvalue weighted by molar-refractivity contribution is 0.0203. The minimum atomic E-state index is 0.0486. The van der Waals surface area contributed by atoms with Crippen molar-refractivity contribution in [3.63, 3.8) is 0 Å². The maximum Gasteiger partial charge on any atom is 0.191 e. The standard InChI is InChI=1S/C21H35N3O3/c1-17-7-4-5-8-20(17)27-18(2)15-24-21(22-3)23-11-6-12-26-16-19-9-13-25-14-10-19/h4-5,7-8,18-19H,6,9-16H2,1-3H3,(H2,22,23,24). The lowest BCUT2D eigenvalue weighted by Crippen LogP contribution is -2.42. The number of aryl methyl sites for hydroxylation is 1. The molecule has 1 fully saturated rings. The third-order valence-electron chi connectivity index (χ3n) is 4.65. The van der Waals surface area contributed by atoms with Crippen LogP contribution in [0.15, 0.2) is 29.3 Å². The van der Waals surface area contributed by atoms with Crippen LogP contribution in [-0.2, 0) is 9.47 Å². The van der Waals surface area contributed by atoms with Gasteiger partial charge in [0.05, 0.1) is 6.54 Å². The second-order valence-electron chi connectivity index (χ2n) is 7.06. The summed E-state index contributed by atoms with van der Waals surface area (Å²) in [6.45, 7) is 9.01. The minimum absolute atomic E-state index is 0.0486. The van der Waals surface area contributed by atoms with Crippen molar-refractivity contribution in [1.82, 2.24) is 10.6 Å². The Balaban J connectivity index is 1.54. The van der Waals surface area contributed by atoms with E-state index in [9.17, 15) is 0 Å². The summed E-state index contributed by atoms with van der Waals surface area (Å²) < 4.78 is 17.1. The minimum Gasteiger partial charge on any atom is -0.489 e. The molecule has 1 aromatic rings. The quantitative estimate of drug-likeness (QED) is 0.373. The molecule has 6 heteroatoms. The Morgan fingerprint density at radius 2 is 2.04 bits per heavy atom. The molecule has 0 spiro atoms. The normalized spacial score (nSPS) is 16.8. The highest BCUT2D eigenvalue weighted by atomic mass is 16.5. The molecule has 152 valence electrons. The van der Waals surface area contributed by atoms with Gasteiger partial charge in [0, 0.05) is 40.0 Å². The van der Waals surface area contributed by atoms with Gasteiger partial charge >= 0.3 is 0 Å². The molecular formula is C21H35N3O3. The first-order valence-corrected chi connectivity index (χ1v) is 10.0. The predicted molar refractivity (Wildman–Crippen MR) is 110 cm³/mol. The van der Waals surface area contributed by atoms with E-state index in [2.05, 4.69) is 35.5 Å². The number of ether oxygens (including phenoxy) is 3. The fourth-order valence-electron chi connectivity index (χ4n) is 2.95. The number of guanidine groups is 1. The van der Waals surface area contributed by atoms with Crippen LogP contribution in [0.1, 0.15) is 31.7 Å². The van der Waals surface area contributed by atoms with E-state index in [1.54, 1.807) is 7.05 Å². The molecular weight excluding hydrogens is 342 g/mol. The SMILES string of the molecule is CN=C(NCCCOCC1CCOCC1)NCC(C)Oc1ccccc1C. The lowest BCUT2D eigenvalue weighted by Gasteiger charge is -2.21. The van der Waals surface area contributed by atoms with Gasteiger partial charge in [0.15, 0.2) is 5.96 Å². The molecule has 0 amide bonds. The topological polar surface area (TPSA) is 64.1 Å². The zero-order chi connectivity index (χ0) is 19.3. The fraction of sp³-hybridized carbons (Fsp3) is 0.667. The van der Waals surface area contributed by atoms with Crippen molar-refractivity contribution < 1.29 is 14.2 Å². The lowest BCUT2D eigenvalue weighted by atomic mass is 10.0. The van der Waals surface area contributed by atoms with Gasteiger partial charge in [-0.3, -0.25) is 4.99 Å². The van der Waals surface area contributed by atoms with Crippen molar-refractivity contribution in [2.75, 3.05) is 46.6 Å². The van der Waals surface area contributed by atoms with Gasteiger partial charge in [0.1, 0.15) is 11.9 Å². The van der Waals surface area contributed by atoms with Crippen molar-refractivity contribution in [2.45, 2.75) is 39.2 Å². The van der Waals surface area contributed by atoms with Crippen molar-refractivity contribution in [3.05, 3.63) is 29.8 Å². The molecule has 0 saturated carbocycles. The van der Waals surface area contributed by atoms with Crippen LogP contribution in [0.2, 0.25) is 0 Å². The molecule has 1 heterocycles. The van der Waals surface area contributed by atoms with Crippen LogP contribution in [0.25, 0.3) is 0 Å². The first-order valence-electron chi connectivity index (χ1n) is 10.0. The Morgan fingerprint density at radius 1 is 1.26 bits per heavy atom. The molecule has 0 aliphatic carbocycles. The van der Waals surface area contributed by atoms with E-state index < -0.39 is 0 Å². The van der Waals surface area contributed by atoms with Crippen LogP contribution in [0.3, 0.4) is 0 Å². The number of para-hydroxylation sites is 1. The Bertz CT molecular complexity index is 559. The number of benzene rings is 1. The number of hydrogen-bond donors (Lipinski definition) is 2. The summed E-state index contributed by atoms with van der Waals surface area (Å²) in [7, 11) is 1.78. The molecule has 6 nitrogen and oxygen atoms in total. The average molecular weight is 378 g/mol. The molecule has 2 rings (SSSR count). The molecule has 1 saturated heterocycles. The van der Waals surface area contributed by atoms with E-state index in [0.717, 1.165) is 69.5 Å². The van der Waals surface area contributed by atoms with Crippen LogP contribution >= 0.6 is 0 Å². The van der Waals surface area contributed by atoms with Gasteiger partial charge in [-0.15, -0.1) is 0 Å². The van der Waals surface area contributed by atoms with E-state index in [4.69, 9.17) is 14.2 Å². The molecule has 0 aromatic heterocycles. The number of nitrogens with one attached hydrogen (secondary N) is 2. The molecule has 1 aliphatic rings. The summed E-state index contributed by atoms with van der Waals surface area (Å²) in [6, 6.07) is 8.07. The van der Waals surface area contributed by atoms with E-state index in [1.807, 2.05) is 18.2 Å². The Hall–Kier alpha value is -1.79. The van der Waals surface area contributed by atoms with Crippen molar-refractivity contribution >= 4 is 5.96 Å². The maximum absolute atomic E-state index is 5.98. The first kappa shape index (κ1) is 21.5.